The predicted molar refractivity (Wildman–Crippen MR) is 84.9 cm³/mol. The van der Waals surface area contributed by atoms with Crippen LogP contribution in [0.5, 0.6) is 0 Å². The van der Waals surface area contributed by atoms with Crippen LogP contribution in [0, 0.1) is 5.92 Å². The van der Waals surface area contributed by atoms with Crippen LogP contribution >= 0.6 is 0 Å². The minimum Gasteiger partial charge on any atom is -0.352 e. The molecule has 0 radical (unpaired) electrons. The fourth-order valence-corrected chi connectivity index (χ4v) is 2.94. The van der Waals surface area contributed by atoms with Crippen LogP contribution in [-0.4, -0.2) is 21.5 Å². The zero-order valence-electron chi connectivity index (χ0n) is 12.6. The molecule has 0 aliphatic heterocycles. The van der Waals surface area contributed by atoms with Crippen molar-refractivity contribution in [3.05, 3.63) is 54.1 Å². The lowest BCUT2D eigenvalue weighted by Gasteiger charge is -2.11. The molecule has 0 saturated heterocycles. The van der Waals surface area contributed by atoms with Crippen LogP contribution in [0.3, 0.4) is 0 Å². The first kappa shape index (κ1) is 14.8. The lowest BCUT2D eigenvalue weighted by Crippen LogP contribution is -2.29. The molecule has 2 aromatic rings. The highest BCUT2D eigenvalue weighted by Gasteiger charge is 2.27. The van der Waals surface area contributed by atoms with E-state index in [0.29, 0.717) is 6.54 Å². The molecule has 3 N–H and O–H groups in total. The van der Waals surface area contributed by atoms with Crippen molar-refractivity contribution >= 4 is 5.91 Å². The van der Waals surface area contributed by atoms with Gasteiger partial charge in [0.15, 0.2) is 0 Å². The number of carbonyl (C=O) groups is 1. The molecule has 1 fully saturated rings. The maximum Gasteiger partial charge on any atom is 0.223 e. The van der Waals surface area contributed by atoms with Gasteiger partial charge in [-0.15, -0.1) is 0 Å². The Morgan fingerprint density at radius 2 is 2.05 bits per heavy atom. The molecule has 1 aliphatic rings. The van der Waals surface area contributed by atoms with Crippen LogP contribution in [0.4, 0.5) is 0 Å². The molecule has 2 unspecified atom stereocenters. The third kappa shape index (κ3) is 3.74. The first-order chi connectivity index (χ1) is 10.7. The summed E-state index contributed by atoms with van der Waals surface area (Å²) in [6.07, 6.45) is 8.22. The quantitative estimate of drug-likeness (QED) is 0.882. The van der Waals surface area contributed by atoms with Gasteiger partial charge in [-0.1, -0.05) is 24.3 Å². The summed E-state index contributed by atoms with van der Waals surface area (Å²) in [7, 11) is 0. The second-order valence-corrected chi connectivity index (χ2v) is 6.04. The van der Waals surface area contributed by atoms with Crippen LogP contribution in [-0.2, 0) is 17.9 Å². The molecule has 5 heteroatoms. The number of rotatable bonds is 5. The van der Waals surface area contributed by atoms with E-state index in [1.54, 1.807) is 12.5 Å². The molecule has 0 spiro atoms. The summed E-state index contributed by atoms with van der Waals surface area (Å²) in [6, 6.07) is 8.50. The molecule has 1 saturated carbocycles. The molecule has 3 rings (SSSR count). The molecule has 22 heavy (non-hydrogen) atoms. The lowest BCUT2D eigenvalue weighted by atomic mass is 10.1. The molecule has 1 aromatic carbocycles. The fourth-order valence-electron chi connectivity index (χ4n) is 2.94. The number of nitrogens with one attached hydrogen (secondary N) is 1. The van der Waals surface area contributed by atoms with Crippen LogP contribution in [0.2, 0.25) is 0 Å². The average Bonchev–Trinajstić information content (AvgIpc) is 3.18. The topological polar surface area (TPSA) is 72.9 Å². The van der Waals surface area contributed by atoms with Crippen LogP contribution in [0.15, 0.2) is 43.0 Å². The number of nitrogens with two attached hydrogens (primary N) is 1. The van der Waals surface area contributed by atoms with E-state index in [-0.39, 0.29) is 17.9 Å². The Hall–Kier alpha value is -2.14. The highest BCUT2D eigenvalue weighted by molar-refractivity contribution is 5.79. The number of aromatic nitrogens is 2. The fraction of sp³-hybridized carbons (Fsp3) is 0.412. The van der Waals surface area contributed by atoms with Gasteiger partial charge < -0.3 is 15.6 Å². The Bertz CT molecular complexity index is 606. The molecule has 1 amide bonds. The third-order valence-corrected chi connectivity index (χ3v) is 4.26. The number of hydrogen-bond donors (Lipinski definition) is 2. The van der Waals surface area contributed by atoms with Crippen molar-refractivity contribution in [1.82, 2.24) is 14.9 Å². The van der Waals surface area contributed by atoms with E-state index in [2.05, 4.69) is 34.6 Å². The van der Waals surface area contributed by atoms with E-state index in [1.807, 2.05) is 10.8 Å². The second-order valence-electron chi connectivity index (χ2n) is 6.04. The number of hydrogen-bond acceptors (Lipinski definition) is 3. The smallest absolute Gasteiger partial charge is 0.223 e. The third-order valence-electron chi connectivity index (χ3n) is 4.26. The van der Waals surface area contributed by atoms with Crippen molar-refractivity contribution in [2.45, 2.75) is 38.4 Å². The van der Waals surface area contributed by atoms with Gasteiger partial charge in [-0.25, -0.2) is 4.98 Å². The molecular formula is C17H22N4O. The molecule has 1 aromatic heterocycles. The molecule has 0 bridgehead atoms. The molecular weight excluding hydrogens is 276 g/mol. The van der Waals surface area contributed by atoms with Gasteiger partial charge in [0, 0.05) is 37.4 Å². The molecule has 1 heterocycles. The number of nitrogens with zero attached hydrogens (tertiary/aromatic N) is 2. The summed E-state index contributed by atoms with van der Waals surface area (Å²) in [5.74, 6) is 0.228. The van der Waals surface area contributed by atoms with Crippen molar-refractivity contribution in [2.75, 3.05) is 0 Å². The predicted octanol–water partition coefficient (Wildman–Crippen LogP) is 1.67. The zero-order valence-corrected chi connectivity index (χ0v) is 12.6. The Balaban J connectivity index is 1.49. The van der Waals surface area contributed by atoms with E-state index in [1.165, 1.54) is 5.56 Å². The highest BCUT2D eigenvalue weighted by atomic mass is 16.1. The summed E-state index contributed by atoms with van der Waals surface area (Å²) in [5, 5.41) is 3.02. The minimum absolute atomic E-state index is 0.0931. The van der Waals surface area contributed by atoms with Crippen molar-refractivity contribution in [3.8, 4) is 0 Å². The van der Waals surface area contributed by atoms with Crippen LogP contribution in [0.25, 0.3) is 0 Å². The van der Waals surface area contributed by atoms with Gasteiger partial charge in [0.1, 0.15) is 0 Å². The van der Waals surface area contributed by atoms with Crippen molar-refractivity contribution < 1.29 is 4.79 Å². The first-order valence-electron chi connectivity index (χ1n) is 7.77. The van der Waals surface area contributed by atoms with Gasteiger partial charge in [0.05, 0.1) is 6.33 Å². The first-order valence-corrected chi connectivity index (χ1v) is 7.77. The van der Waals surface area contributed by atoms with Gasteiger partial charge in [-0.2, -0.15) is 0 Å². The van der Waals surface area contributed by atoms with Gasteiger partial charge in [0.2, 0.25) is 5.91 Å². The summed E-state index contributed by atoms with van der Waals surface area (Å²) in [6.45, 7) is 1.39. The maximum atomic E-state index is 12.1. The minimum atomic E-state index is 0.0931. The number of carbonyl (C=O) groups excluding carboxylic acids is 1. The standard InChI is InChI=1S/C17H22N4O/c18-16-6-5-15(9-16)17(22)20-10-13-1-3-14(4-2-13)11-21-8-7-19-12-21/h1-4,7-8,12,15-16H,5-6,9-11,18H2,(H,20,22). The Kier molecular flexibility index (Phi) is 4.53. The average molecular weight is 298 g/mol. The molecule has 1 aliphatic carbocycles. The van der Waals surface area contributed by atoms with Gasteiger partial charge in [0.25, 0.3) is 0 Å². The van der Waals surface area contributed by atoms with Gasteiger partial charge in [-0.3, -0.25) is 4.79 Å². The van der Waals surface area contributed by atoms with Crippen molar-refractivity contribution in [1.29, 1.82) is 0 Å². The Morgan fingerprint density at radius 1 is 1.27 bits per heavy atom. The van der Waals surface area contributed by atoms with Gasteiger partial charge >= 0.3 is 0 Å². The van der Waals surface area contributed by atoms with Crippen LogP contribution in [0.1, 0.15) is 30.4 Å². The maximum absolute atomic E-state index is 12.1. The summed E-state index contributed by atoms with van der Waals surface area (Å²) < 4.78 is 2.03. The molecule has 2 atom stereocenters. The second kappa shape index (κ2) is 6.75. The normalized spacial score (nSPS) is 21.0. The van der Waals surface area contributed by atoms with Crippen molar-refractivity contribution in [3.63, 3.8) is 0 Å². The molecule has 5 nitrogen and oxygen atoms in total. The van der Waals surface area contributed by atoms with E-state index in [9.17, 15) is 4.79 Å². The number of benzene rings is 1. The van der Waals surface area contributed by atoms with E-state index >= 15 is 0 Å². The zero-order chi connectivity index (χ0) is 15.4. The van der Waals surface area contributed by atoms with E-state index in [4.69, 9.17) is 5.73 Å². The van der Waals surface area contributed by atoms with E-state index < -0.39 is 0 Å². The summed E-state index contributed by atoms with van der Waals surface area (Å²) in [4.78, 5) is 16.1. The molecule has 116 valence electrons. The van der Waals surface area contributed by atoms with Gasteiger partial charge in [-0.05, 0) is 30.4 Å². The number of amides is 1. The SMILES string of the molecule is NC1CCC(C(=O)NCc2ccc(Cn3ccnc3)cc2)C1. The van der Waals surface area contributed by atoms with Crippen molar-refractivity contribution in [2.24, 2.45) is 11.7 Å². The lowest BCUT2D eigenvalue weighted by molar-refractivity contribution is -0.125. The Morgan fingerprint density at radius 3 is 2.68 bits per heavy atom. The summed E-state index contributed by atoms with van der Waals surface area (Å²) >= 11 is 0. The monoisotopic (exact) mass is 298 g/mol. The largest absolute Gasteiger partial charge is 0.352 e. The summed E-state index contributed by atoms with van der Waals surface area (Å²) in [5.41, 5.74) is 8.19. The van der Waals surface area contributed by atoms with Crippen LogP contribution < -0.4 is 11.1 Å². The Labute approximate surface area is 130 Å². The van der Waals surface area contributed by atoms with E-state index in [0.717, 1.165) is 31.4 Å². The highest BCUT2D eigenvalue weighted by Crippen LogP contribution is 2.24. The number of imidazole rings is 1.